The van der Waals surface area contributed by atoms with Gasteiger partial charge in [-0.1, -0.05) is 42.5 Å². The Hall–Kier alpha value is -1.89. The second-order valence-electron chi connectivity index (χ2n) is 5.98. The fraction of sp³-hybridized carbons (Fsp3) is 0.200. The van der Waals surface area contributed by atoms with Crippen LogP contribution in [0.15, 0.2) is 70.5 Å². The van der Waals surface area contributed by atoms with E-state index in [2.05, 4.69) is 35.0 Å². The van der Waals surface area contributed by atoms with E-state index in [9.17, 15) is 4.79 Å². The van der Waals surface area contributed by atoms with Crippen LogP contribution < -0.4 is 0 Å². The fourth-order valence-corrected chi connectivity index (χ4v) is 5.30. The zero-order chi connectivity index (χ0) is 17.8. The van der Waals surface area contributed by atoms with Crippen LogP contribution in [0.25, 0.3) is 0 Å². The lowest BCUT2D eigenvalue weighted by molar-refractivity contribution is -0.130. The van der Waals surface area contributed by atoms with Gasteiger partial charge in [0, 0.05) is 17.1 Å². The maximum absolute atomic E-state index is 12.9. The highest BCUT2D eigenvalue weighted by molar-refractivity contribution is 7.99. The van der Waals surface area contributed by atoms with Gasteiger partial charge in [0.1, 0.15) is 0 Å². The van der Waals surface area contributed by atoms with Gasteiger partial charge in [-0.3, -0.25) is 4.79 Å². The van der Waals surface area contributed by atoms with Crippen LogP contribution in [-0.2, 0) is 10.5 Å². The Labute approximate surface area is 165 Å². The summed E-state index contributed by atoms with van der Waals surface area (Å²) in [7, 11) is 0. The third-order valence-electron chi connectivity index (χ3n) is 4.18. The van der Waals surface area contributed by atoms with Crippen molar-refractivity contribution in [3.05, 3.63) is 80.7 Å². The highest BCUT2D eigenvalue weighted by Gasteiger charge is 2.33. The quantitative estimate of drug-likeness (QED) is 0.555. The van der Waals surface area contributed by atoms with Gasteiger partial charge >= 0.3 is 0 Å². The molecule has 0 aliphatic carbocycles. The summed E-state index contributed by atoms with van der Waals surface area (Å²) in [5, 5.41) is 10.5. The topological polar surface area (TPSA) is 32.7 Å². The molecule has 0 unspecified atom stereocenters. The van der Waals surface area contributed by atoms with E-state index in [1.165, 1.54) is 10.4 Å². The van der Waals surface area contributed by atoms with Crippen LogP contribution >= 0.6 is 34.4 Å². The molecule has 0 saturated carbocycles. The van der Waals surface area contributed by atoms with Crippen LogP contribution in [0.3, 0.4) is 0 Å². The van der Waals surface area contributed by atoms with Crippen molar-refractivity contribution in [2.75, 3.05) is 5.75 Å². The van der Waals surface area contributed by atoms with E-state index in [0.29, 0.717) is 5.75 Å². The molecule has 0 bridgehead atoms. The average molecular weight is 399 g/mol. The number of carbonyl (C=O) groups excluding carboxylic acids is 1. The van der Waals surface area contributed by atoms with Crippen LogP contribution in [0.4, 0.5) is 0 Å². The number of hydrogen-bond acceptors (Lipinski definition) is 5. The number of nitrogens with zero attached hydrogens (tertiary/aromatic N) is 2. The maximum Gasteiger partial charge on any atom is 0.253 e. The van der Waals surface area contributed by atoms with Crippen molar-refractivity contribution < 1.29 is 4.79 Å². The number of amides is 1. The van der Waals surface area contributed by atoms with Gasteiger partial charge in [0.15, 0.2) is 0 Å². The Balaban J connectivity index is 1.46. The molecular weight excluding hydrogens is 380 g/mol. The van der Waals surface area contributed by atoms with Gasteiger partial charge in [-0.05, 0) is 28.5 Å². The minimum absolute atomic E-state index is 0.0249. The second-order valence-corrected chi connectivity index (χ2v) is 8.89. The Bertz CT molecular complexity index is 873. The predicted molar refractivity (Wildman–Crippen MR) is 112 cm³/mol. The molecule has 0 N–H and O–H groups in total. The first-order valence-corrected chi connectivity index (χ1v) is 11.3. The number of carbonyl (C=O) groups is 1. The number of benzene rings is 1. The number of hydrogen-bond donors (Lipinski definition) is 0. The van der Waals surface area contributed by atoms with E-state index in [4.69, 9.17) is 5.10 Å². The molecule has 6 heteroatoms. The van der Waals surface area contributed by atoms with Crippen LogP contribution in [0.2, 0.25) is 0 Å². The molecule has 0 saturated heterocycles. The smallest absolute Gasteiger partial charge is 0.253 e. The van der Waals surface area contributed by atoms with Gasteiger partial charge in [-0.25, -0.2) is 5.01 Å². The average Bonchev–Trinajstić information content (AvgIpc) is 3.42. The molecule has 0 fully saturated rings. The molecule has 3 heterocycles. The first kappa shape index (κ1) is 17.5. The fourth-order valence-electron chi connectivity index (χ4n) is 2.93. The highest BCUT2D eigenvalue weighted by Crippen LogP contribution is 2.36. The third kappa shape index (κ3) is 3.92. The van der Waals surface area contributed by atoms with Crippen molar-refractivity contribution in [2.45, 2.75) is 18.2 Å². The summed E-state index contributed by atoms with van der Waals surface area (Å²) >= 11 is 5.01. The summed E-state index contributed by atoms with van der Waals surface area (Å²) in [6, 6.07) is 18.5. The summed E-state index contributed by atoms with van der Waals surface area (Å²) in [4.78, 5) is 15.2. The Morgan fingerprint density at radius 2 is 1.88 bits per heavy atom. The molecule has 1 aliphatic heterocycles. The Kier molecular flexibility index (Phi) is 5.53. The zero-order valence-electron chi connectivity index (χ0n) is 14.1. The summed E-state index contributed by atoms with van der Waals surface area (Å²) < 4.78 is 0. The number of thiophene rings is 2. The predicted octanol–water partition coefficient (Wildman–Crippen LogP) is 5.42. The largest absolute Gasteiger partial charge is 0.272 e. The number of hydrazone groups is 1. The summed E-state index contributed by atoms with van der Waals surface area (Å²) in [6.45, 7) is 0. The highest BCUT2D eigenvalue weighted by atomic mass is 32.2. The van der Waals surface area contributed by atoms with Crippen molar-refractivity contribution in [2.24, 2.45) is 5.10 Å². The molecule has 26 heavy (non-hydrogen) atoms. The normalized spacial score (nSPS) is 16.7. The van der Waals surface area contributed by atoms with Gasteiger partial charge < -0.3 is 0 Å². The standard InChI is InChI=1S/C20H18N2OS3/c23-20(14-24-13-15-6-2-1-3-7-15)22-17(19-9-5-11-26-19)12-16(21-22)18-8-4-10-25-18/h1-11,17H,12-14H2/t17-/m1/s1. The summed E-state index contributed by atoms with van der Waals surface area (Å²) in [5.41, 5.74) is 2.25. The first-order chi connectivity index (χ1) is 12.8. The van der Waals surface area contributed by atoms with Crippen molar-refractivity contribution in [3.8, 4) is 0 Å². The molecule has 1 atom stereocenters. The molecule has 0 spiro atoms. The molecule has 132 valence electrons. The zero-order valence-corrected chi connectivity index (χ0v) is 16.5. The molecule has 1 aromatic carbocycles. The lowest BCUT2D eigenvalue weighted by Gasteiger charge is -2.20. The molecule has 3 aromatic rings. The van der Waals surface area contributed by atoms with Crippen LogP contribution in [0, 0.1) is 0 Å². The van der Waals surface area contributed by atoms with Crippen LogP contribution in [0.1, 0.15) is 27.8 Å². The Morgan fingerprint density at radius 3 is 2.62 bits per heavy atom. The van der Waals surface area contributed by atoms with Gasteiger partial charge in [0.25, 0.3) is 5.91 Å². The van der Waals surface area contributed by atoms with Gasteiger partial charge in [-0.2, -0.15) is 5.10 Å². The first-order valence-electron chi connectivity index (χ1n) is 8.40. The SMILES string of the molecule is O=C(CSCc1ccccc1)N1N=C(c2cccs2)C[C@@H]1c1cccs1. The van der Waals surface area contributed by atoms with E-state index >= 15 is 0 Å². The minimum Gasteiger partial charge on any atom is -0.272 e. The monoisotopic (exact) mass is 398 g/mol. The second kappa shape index (κ2) is 8.20. The molecule has 1 aliphatic rings. The maximum atomic E-state index is 12.9. The van der Waals surface area contributed by atoms with Gasteiger partial charge in [0.2, 0.25) is 0 Å². The van der Waals surface area contributed by atoms with Crippen molar-refractivity contribution in [1.29, 1.82) is 0 Å². The summed E-state index contributed by atoms with van der Waals surface area (Å²) in [6.07, 6.45) is 0.788. The molecular formula is C20H18N2OS3. The van der Waals surface area contributed by atoms with E-state index in [1.807, 2.05) is 30.3 Å². The molecule has 0 radical (unpaired) electrons. The van der Waals surface area contributed by atoms with E-state index in [-0.39, 0.29) is 11.9 Å². The molecule has 2 aromatic heterocycles. The minimum atomic E-state index is 0.0249. The lowest BCUT2D eigenvalue weighted by atomic mass is 10.1. The van der Waals surface area contributed by atoms with Crippen molar-refractivity contribution in [1.82, 2.24) is 5.01 Å². The Morgan fingerprint density at radius 1 is 1.08 bits per heavy atom. The third-order valence-corrected chi connectivity index (χ3v) is 7.06. The van der Waals surface area contributed by atoms with Crippen molar-refractivity contribution >= 4 is 46.1 Å². The number of rotatable bonds is 6. The van der Waals surface area contributed by atoms with Gasteiger partial charge in [0.05, 0.1) is 22.4 Å². The van der Waals surface area contributed by atoms with E-state index in [0.717, 1.165) is 22.8 Å². The molecule has 1 amide bonds. The van der Waals surface area contributed by atoms with E-state index in [1.54, 1.807) is 39.4 Å². The lowest BCUT2D eigenvalue weighted by Crippen LogP contribution is -2.28. The summed E-state index contributed by atoms with van der Waals surface area (Å²) in [5.74, 6) is 1.36. The van der Waals surface area contributed by atoms with Crippen molar-refractivity contribution in [3.63, 3.8) is 0 Å². The van der Waals surface area contributed by atoms with Crippen LogP contribution in [-0.4, -0.2) is 22.4 Å². The van der Waals surface area contributed by atoms with Gasteiger partial charge in [-0.15, -0.1) is 34.4 Å². The number of thioether (sulfide) groups is 1. The van der Waals surface area contributed by atoms with E-state index < -0.39 is 0 Å². The molecule has 4 rings (SSSR count). The molecule has 3 nitrogen and oxygen atoms in total. The van der Waals surface area contributed by atoms with Crippen LogP contribution in [0.5, 0.6) is 0 Å².